The highest BCUT2D eigenvalue weighted by Crippen LogP contribution is 2.30. The molecule has 1 aromatic carbocycles. The number of ether oxygens (including phenoxy) is 1. The van der Waals surface area contributed by atoms with Crippen molar-refractivity contribution in [3.8, 4) is 5.75 Å². The average Bonchev–Trinajstić information content (AvgIpc) is 3.38. The standard InChI is InChI=1S/C18H27N3O3/c1-12(2)18(3,11-19)21-16(22)10-24-15-6-4-5-14(9-15)20-17(23)13-7-8-13/h4-6,9,12-13H,7-8,10-11,19H2,1-3H3,(H,20,23)(H,21,22). The first kappa shape index (κ1) is 18.3. The summed E-state index contributed by atoms with van der Waals surface area (Å²) < 4.78 is 5.53. The Balaban J connectivity index is 1.87. The minimum absolute atomic E-state index is 0.0422. The van der Waals surface area contributed by atoms with Gasteiger partial charge in [-0.05, 0) is 37.8 Å². The molecule has 132 valence electrons. The fraction of sp³-hybridized carbons (Fsp3) is 0.556. The molecule has 0 aliphatic heterocycles. The van der Waals surface area contributed by atoms with Crippen LogP contribution in [-0.2, 0) is 9.59 Å². The van der Waals surface area contributed by atoms with Crippen molar-refractivity contribution in [3.05, 3.63) is 24.3 Å². The van der Waals surface area contributed by atoms with E-state index in [4.69, 9.17) is 10.5 Å². The number of anilines is 1. The third-order valence-corrected chi connectivity index (χ3v) is 4.54. The summed E-state index contributed by atoms with van der Waals surface area (Å²) in [6.45, 7) is 6.21. The molecule has 1 atom stereocenters. The number of carbonyl (C=O) groups excluding carboxylic acids is 2. The van der Waals surface area contributed by atoms with E-state index in [0.29, 0.717) is 18.0 Å². The van der Waals surface area contributed by atoms with Crippen molar-refractivity contribution in [2.24, 2.45) is 17.6 Å². The second-order valence-corrected chi connectivity index (χ2v) is 6.90. The van der Waals surface area contributed by atoms with Crippen LogP contribution in [0.1, 0.15) is 33.6 Å². The molecule has 2 rings (SSSR count). The Kier molecular flexibility index (Phi) is 5.83. The van der Waals surface area contributed by atoms with E-state index < -0.39 is 5.54 Å². The second-order valence-electron chi connectivity index (χ2n) is 6.90. The largest absolute Gasteiger partial charge is 0.484 e. The number of hydrogen-bond donors (Lipinski definition) is 3. The summed E-state index contributed by atoms with van der Waals surface area (Å²) in [5.74, 6) is 0.722. The smallest absolute Gasteiger partial charge is 0.258 e. The van der Waals surface area contributed by atoms with E-state index >= 15 is 0 Å². The van der Waals surface area contributed by atoms with Crippen molar-refractivity contribution in [2.75, 3.05) is 18.5 Å². The van der Waals surface area contributed by atoms with Gasteiger partial charge in [0.05, 0.1) is 5.54 Å². The normalized spacial score (nSPS) is 16.4. The fourth-order valence-corrected chi connectivity index (χ4v) is 2.19. The van der Waals surface area contributed by atoms with Crippen molar-refractivity contribution in [2.45, 2.75) is 39.2 Å². The molecule has 1 aromatic rings. The van der Waals surface area contributed by atoms with Crippen molar-refractivity contribution in [1.82, 2.24) is 5.32 Å². The minimum atomic E-state index is -0.458. The van der Waals surface area contributed by atoms with Crippen LogP contribution in [0, 0.1) is 11.8 Å². The van der Waals surface area contributed by atoms with Crippen molar-refractivity contribution in [1.29, 1.82) is 0 Å². The minimum Gasteiger partial charge on any atom is -0.484 e. The van der Waals surface area contributed by atoms with Crippen LogP contribution in [0.15, 0.2) is 24.3 Å². The van der Waals surface area contributed by atoms with E-state index in [2.05, 4.69) is 10.6 Å². The van der Waals surface area contributed by atoms with Gasteiger partial charge in [0, 0.05) is 24.2 Å². The molecule has 0 bridgehead atoms. The first-order valence-corrected chi connectivity index (χ1v) is 8.39. The van der Waals surface area contributed by atoms with Gasteiger partial charge < -0.3 is 21.1 Å². The predicted octanol–water partition coefficient (Wildman–Crippen LogP) is 1.90. The molecular weight excluding hydrogens is 306 g/mol. The van der Waals surface area contributed by atoms with Crippen molar-refractivity contribution >= 4 is 17.5 Å². The van der Waals surface area contributed by atoms with Crippen molar-refractivity contribution < 1.29 is 14.3 Å². The van der Waals surface area contributed by atoms with Crippen LogP contribution in [0.5, 0.6) is 5.75 Å². The summed E-state index contributed by atoms with van der Waals surface area (Å²) in [6, 6.07) is 7.06. The molecule has 0 saturated heterocycles. The van der Waals surface area contributed by atoms with Gasteiger partial charge in [-0.3, -0.25) is 9.59 Å². The molecule has 0 spiro atoms. The first-order chi connectivity index (χ1) is 11.3. The number of hydrogen-bond acceptors (Lipinski definition) is 4. The zero-order valence-corrected chi connectivity index (χ0v) is 14.6. The SMILES string of the molecule is CC(C)C(C)(CN)NC(=O)COc1cccc(NC(=O)C2CC2)c1. The van der Waals surface area contributed by atoms with E-state index in [-0.39, 0.29) is 30.3 Å². The molecule has 6 heteroatoms. The average molecular weight is 333 g/mol. The molecule has 4 N–H and O–H groups in total. The molecule has 1 fully saturated rings. The van der Waals surface area contributed by atoms with E-state index in [1.165, 1.54) is 0 Å². The monoisotopic (exact) mass is 333 g/mol. The maximum atomic E-state index is 12.1. The molecule has 0 aromatic heterocycles. The maximum Gasteiger partial charge on any atom is 0.258 e. The number of nitrogens with two attached hydrogens (primary N) is 1. The lowest BCUT2D eigenvalue weighted by molar-refractivity contribution is -0.125. The van der Waals surface area contributed by atoms with E-state index in [1.807, 2.05) is 20.8 Å². The number of nitrogens with one attached hydrogen (secondary N) is 2. The lowest BCUT2D eigenvalue weighted by atomic mass is 9.88. The van der Waals surface area contributed by atoms with Gasteiger partial charge in [0.1, 0.15) is 5.75 Å². The second kappa shape index (κ2) is 7.66. The van der Waals surface area contributed by atoms with Crippen LogP contribution in [0.4, 0.5) is 5.69 Å². The third kappa shape index (κ3) is 4.96. The summed E-state index contributed by atoms with van der Waals surface area (Å²) in [6.07, 6.45) is 1.91. The summed E-state index contributed by atoms with van der Waals surface area (Å²) in [5.41, 5.74) is 5.99. The molecule has 1 saturated carbocycles. The Labute approximate surface area is 143 Å². The van der Waals surface area contributed by atoms with Crippen molar-refractivity contribution in [3.63, 3.8) is 0 Å². The van der Waals surface area contributed by atoms with E-state index in [1.54, 1.807) is 24.3 Å². The molecule has 1 aliphatic rings. The summed E-state index contributed by atoms with van der Waals surface area (Å²) in [7, 11) is 0. The molecule has 24 heavy (non-hydrogen) atoms. The Morgan fingerprint density at radius 2 is 2.08 bits per heavy atom. The summed E-state index contributed by atoms with van der Waals surface area (Å²) in [5, 5.41) is 5.78. The molecule has 0 radical (unpaired) electrons. The quantitative estimate of drug-likeness (QED) is 0.677. The van der Waals surface area contributed by atoms with Gasteiger partial charge in [0.15, 0.2) is 6.61 Å². The molecule has 1 unspecified atom stereocenters. The van der Waals surface area contributed by atoms with Gasteiger partial charge >= 0.3 is 0 Å². The van der Waals surface area contributed by atoms with Crippen LogP contribution in [0.2, 0.25) is 0 Å². The lowest BCUT2D eigenvalue weighted by Gasteiger charge is -2.33. The van der Waals surface area contributed by atoms with Gasteiger partial charge in [0.2, 0.25) is 5.91 Å². The summed E-state index contributed by atoms with van der Waals surface area (Å²) >= 11 is 0. The molecule has 6 nitrogen and oxygen atoms in total. The Hall–Kier alpha value is -2.08. The van der Waals surface area contributed by atoms with Crippen LogP contribution in [-0.4, -0.2) is 30.5 Å². The number of carbonyl (C=O) groups is 2. The highest BCUT2D eigenvalue weighted by atomic mass is 16.5. The van der Waals surface area contributed by atoms with E-state index in [0.717, 1.165) is 12.8 Å². The Bertz CT molecular complexity index is 599. The zero-order chi connectivity index (χ0) is 17.7. The van der Waals surface area contributed by atoms with Gasteiger partial charge in [-0.15, -0.1) is 0 Å². The molecule has 2 amide bonds. The van der Waals surface area contributed by atoms with Gasteiger partial charge in [-0.1, -0.05) is 19.9 Å². The number of amides is 2. The fourth-order valence-electron chi connectivity index (χ4n) is 2.19. The third-order valence-electron chi connectivity index (χ3n) is 4.54. The molecule has 1 aliphatic carbocycles. The van der Waals surface area contributed by atoms with Crippen LogP contribution < -0.4 is 21.1 Å². The van der Waals surface area contributed by atoms with Gasteiger partial charge in [0.25, 0.3) is 5.91 Å². The Morgan fingerprint density at radius 1 is 1.38 bits per heavy atom. The summed E-state index contributed by atoms with van der Waals surface area (Å²) in [4.78, 5) is 23.9. The zero-order valence-electron chi connectivity index (χ0n) is 14.6. The molecule has 0 heterocycles. The lowest BCUT2D eigenvalue weighted by Crippen LogP contribution is -2.56. The van der Waals surface area contributed by atoms with Gasteiger partial charge in [-0.2, -0.15) is 0 Å². The van der Waals surface area contributed by atoms with Crippen LogP contribution in [0.25, 0.3) is 0 Å². The van der Waals surface area contributed by atoms with E-state index in [9.17, 15) is 9.59 Å². The number of benzene rings is 1. The van der Waals surface area contributed by atoms with Crippen LogP contribution >= 0.6 is 0 Å². The number of rotatable bonds is 8. The molecular formula is C18H27N3O3. The highest BCUT2D eigenvalue weighted by Gasteiger charge is 2.30. The Morgan fingerprint density at radius 3 is 2.67 bits per heavy atom. The van der Waals surface area contributed by atoms with Crippen LogP contribution in [0.3, 0.4) is 0 Å². The predicted molar refractivity (Wildman–Crippen MR) is 93.7 cm³/mol. The maximum absolute atomic E-state index is 12.1. The topological polar surface area (TPSA) is 93.4 Å². The first-order valence-electron chi connectivity index (χ1n) is 8.39. The highest BCUT2D eigenvalue weighted by molar-refractivity contribution is 5.94. The van der Waals surface area contributed by atoms with Gasteiger partial charge in [-0.25, -0.2) is 0 Å².